The van der Waals surface area contributed by atoms with E-state index >= 15 is 0 Å². The minimum Gasteiger partial charge on any atom is -0.481 e. The molecule has 16 heavy (non-hydrogen) atoms. The second-order valence-electron chi connectivity index (χ2n) is 5.33. The van der Waals surface area contributed by atoms with Crippen LogP contribution in [0.5, 0.6) is 0 Å². The van der Waals surface area contributed by atoms with E-state index in [1.165, 1.54) is 6.07 Å². The lowest BCUT2D eigenvalue weighted by Gasteiger charge is -2.68. The molecule has 0 aromatic heterocycles. The van der Waals surface area contributed by atoms with Crippen LogP contribution in [0.4, 0.5) is 4.39 Å². The molecule has 3 heteroatoms. The van der Waals surface area contributed by atoms with Crippen molar-refractivity contribution in [2.45, 2.75) is 31.6 Å². The average molecular weight is 220 g/mol. The Labute approximate surface area is 93.1 Å². The summed E-state index contributed by atoms with van der Waals surface area (Å²) in [5, 5.41) is 9.04. The molecule has 0 atom stereocenters. The molecule has 0 amide bonds. The third-order valence-electron chi connectivity index (χ3n) is 4.24. The Bertz CT molecular complexity index is 453. The van der Waals surface area contributed by atoms with Gasteiger partial charge in [0.1, 0.15) is 5.82 Å². The fourth-order valence-electron chi connectivity index (χ4n) is 3.58. The quantitative estimate of drug-likeness (QED) is 0.831. The molecular formula is C13H13FO2. The van der Waals surface area contributed by atoms with Crippen LogP contribution in [0, 0.1) is 18.2 Å². The highest BCUT2D eigenvalue weighted by molar-refractivity contribution is 5.81. The number of carboxylic acids is 1. The van der Waals surface area contributed by atoms with E-state index in [0.29, 0.717) is 19.3 Å². The molecule has 3 aliphatic carbocycles. The van der Waals surface area contributed by atoms with Crippen molar-refractivity contribution < 1.29 is 14.3 Å². The maximum Gasteiger partial charge on any atom is 0.309 e. The predicted octanol–water partition coefficient (Wildman–Crippen LogP) is 2.64. The Hall–Kier alpha value is -1.38. The van der Waals surface area contributed by atoms with Crippen molar-refractivity contribution >= 4 is 5.97 Å². The number of hydrogen-bond acceptors (Lipinski definition) is 1. The van der Waals surface area contributed by atoms with Crippen LogP contribution in [0.1, 0.15) is 30.4 Å². The highest BCUT2D eigenvalue weighted by Gasteiger charge is 2.73. The van der Waals surface area contributed by atoms with Gasteiger partial charge in [-0.05, 0) is 43.4 Å². The van der Waals surface area contributed by atoms with Crippen molar-refractivity contribution in [2.75, 3.05) is 0 Å². The topological polar surface area (TPSA) is 37.3 Å². The molecule has 1 aromatic carbocycles. The second-order valence-corrected chi connectivity index (χ2v) is 5.33. The van der Waals surface area contributed by atoms with Gasteiger partial charge in [0.25, 0.3) is 0 Å². The first kappa shape index (κ1) is 9.82. The minimum absolute atomic E-state index is 0.173. The van der Waals surface area contributed by atoms with Gasteiger partial charge in [-0.15, -0.1) is 0 Å². The number of rotatable bonds is 2. The summed E-state index contributed by atoms with van der Waals surface area (Å²) in [4.78, 5) is 11.0. The average Bonchev–Trinajstić information content (AvgIpc) is 2.04. The summed E-state index contributed by atoms with van der Waals surface area (Å²) in [7, 11) is 0. The van der Waals surface area contributed by atoms with E-state index in [2.05, 4.69) is 0 Å². The highest BCUT2D eigenvalue weighted by atomic mass is 19.1. The smallest absolute Gasteiger partial charge is 0.309 e. The zero-order valence-corrected chi connectivity index (χ0v) is 9.09. The summed E-state index contributed by atoms with van der Waals surface area (Å²) in [6.07, 6.45) is 1.82. The normalized spacial score (nSPS) is 35.1. The van der Waals surface area contributed by atoms with Gasteiger partial charge in [-0.1, -0.05) is 12.1 Å². The van der Waals surface area contributed by atoms with Crippen LogP contribution in [0.15, 0.2) is 18.2 Å². The number of aryl methyl sites for hydroxylation is 1. The van der Waals surface area contributed by atoms with Gasteiger partial charge in [0.2, 0.25) is 0 Å². The molecule has 0 heterocycles. The lowest BCUT2D eigenvalue weighted by molar-refractivity contribution is -0.195. The number of halogens is 1. The predicted molar refractivity (Wildman–Crippen MR) is 56.7 cm³/mol. The Balaban J connectivity index is 1.96. The maximum atomic E-state index is 13.8. The van der Waals surface area contributed by atoms with Gasteiger partial charge in [-0.2, -0.15) is 0 Å². The summed E-state index contributed by atoms with van der Waals surface area (Å²) < 4.78 is 13.8. The Morgan fingerprint density at radius 2 is 2.00 bits per heavy atom. The first-order chi connectivity index (χ1) is 7.49. The first-order valence-corrected chi connectivity index (χ1v) is 5.48. The standard InChI is InChI=1S/C13H13FO2/c1-8-3-2-4-9(14)10(8)12-5-13(6-12,7-12)11(15)16/h2-4H,5-7H2,1H3,(H,15,16). The molecule has 2 nitrogen and oxygen atoms in total. The van der Waals surface area contributed by atoms with Crippen LogP contribution in [0.2, 0.25) is 0 Å². The van der Waals surface area contributed by atoms with E-state index in [0.717, 1.165) is 11.1 Å². The zero-order valence-electron chi connectivity index (χ0n) is 9.09. The third-order valence-corrected chi connectivity index (χ3v) is 4.24. The molecule has 1 N–H and O–H groups in total. The monoisotopic (exact) mass is 220 g/mol. The van der Waals surface area contributed by atoms with E-state index in [1.807, 2.05) is 13.0 Å². The summed E-state index contributed by atoms with van der Waals surface area (Å²) in [6.45, 7) is 1.90. The van der Waals surface area contributed by atoms with Gasteiger partial charge < -0.3 is 5.11 Å². The number of aliphatic carboxylic acids is 1. The molecule has 0 radical (unpaired) electrons. The van der Waals surface area contributed by atoms with E-state index in [1.54, 1.807) is 6.07 Å². The third kappa shape index (κ3) is 0.938. The minimum atomic E-state index is -0.719. The fraction of sp³-hybridized carbons (Fsp3) is 0.462. The van der Waals surface area contributed by atoms with Gasteiger partial charge in [-0.3, -0.25) is 4.79 Å². The number of benzene rings is 1. The Kier molecular flexibility index (Phi) is 1.63. The van der Waals surface area contributed by atoms with Gasteiger partial charge in [0.05, 0.1) is 5.41 Å². The van der Waals surface area contributed by atoms with Crippen LogP contribution in [0.25, 0.3) is 0 Å². The first-order valence-electron chi connectivity index (χ1n) is 5.48. The largest absolute Gasteiger partial charge is 0.481 e. The van der Waals surface area contributed by atoms with E-state index in [9.17, 15) is 9.18 Å². The molecule has 0 aliphatic heterocycles. The van der Waals surface area contributed by atoms with Crippen molar-refractivity contribution in [2.24, 2.45) is 5.41 Å². The molecule has 0 saturated heterocycles. The Morgan fingerprint density at radius 1 is 1.38 bits per heavy atom. The lowest BCUT2D eigenvalue weighted by Crippen LogP contribution is -2.68. The molecule has 84 valence electrons. The van der Waals surface area contributed by atoms with Crippen molar-refractivity contribution in [3.8, 4) is 0 Å². The molecule has 0 spiro atoms. The van der Waals surface area contributed by atoms with Crippen LogP contribution in [-0.4, -0.2) is 11.1 Å². The lowest BCUT2D eigenvalue weighted by atomic mass is 9.33. The van der Waals surface area contributed by atoms with Crippen LogP contribution in [0.3, 0.4) is 0 Å². The van der Waals surface area contributed by atoms with E-state index in [-0.39, 0.29) is 11.2 Å². The summed E-state index contributed by atoms with van der Waals surface area (Å²) in [5.41, 5.74) is 0.986. The van der Waals surface area contributed by atoms with Crippen molar-refractivity contribution in [1.82, 2.24) is 0 Å². The van der Waals surface area contributed by atoms with E-state index < -0.39 is 11.4 Å². The molecule has 0 unspecified atom stereocenters. The van der Waals surface area contributed by atoms with Gasteiger partial charge >= 0.3 is 5.97 Å². The second kappa shape index (κ2) is 2.65. The maximum absolute atomic E-state index is 13.8. The molecular weight excluding hydrogens is 207 g/mol. The SMILES string of the molecule is Cc1cccc(F)c1C12CC(C(=O)O)(C1)C2. The molecule has 3 fully saturated rings. The summed E-state index contributed by atoms with van der Waals surface area (Å²) >= 11 is 0. The summed E-state index contributed by atoms with van der Waals surface area (Å²) in [5.74, 6) is -0.901. The van der Waals surface area contributed by atoms with Crippen LogP contribution >= 0.6 is 0 Å². The van der Waals surface area contributed by atoms with Crippen LogP contribution < -0.4 is 0 Å². The van der Waals surface area contributed by atoms with Crippen molar-refractivity contribution in [3.63, 3.8) is 0 Å². The van der Waals surface area contributed by atoms with Gasteiger partial charge in [0.15, 0.2) is 0 Å². The molecule has 4 rings (SSSR count). The van der Waals surface area contributed by atoms with Crippen LogP contribution in [-0.2, 0) is 10.2 Å². The van der Waals surface area contributed by atoms with Crippen molar-refractivity contribution in [3.05, 3.63) is 35.1 Å². The zero-order chi connectivity index (χ0) is 11.6. The van der Waals surface area contributed by atoms with Crippen molar-refractivity contribution in [1.29, 1.82) is 0 Å². The number of hydrogen-bond donors (Lipinski definition) is 1. The summed E-state index contributed by atoms with van der Waals surface area (Å²) in [6, 6.07) is 5.06. The molecule has 3 saturated carbocycles. The van der Waals surface area contributed by atoms with E-state index in [4.69, 9.17) is 5.11 Å². The molecule has 1 aromatic rings. The van der Waals surface area contributed by atoms with Gasteiger partial charge in [-0.25, -0.2) is 4.39 Å². The fourth-order valence-corrected chi connectivity index (χ4v) is 3.58. The molecule has 3 aliphatic rings. The molecule has 2 bridgehead atoms. The number of carboxylic acid groups (broad SMARTS) is 1. The Morgan fingerprint density at radius 3 is 2.50 bits per heavy atom. The van der Waals surface area contributed by atoms with Gasteiger partial charge in [0, 0.05) is 5.41 Å². The highest BCUT2D eigenvalue weighted by Crippen LogP contribution is 2.74. The number of carbonyl (C=O) groups is 1.